The zero-order valence-electron chi connectivity index (χ0n) is 50.5. The number of esters is 1. The van der Waals surface area contributed by atoms with Crippen LogP contribution in [0, 0.1) is 11.8 Å². The SMILES string of the molecule is C=C/C=C\C(=C/C)OC(=O)c1cc2cc(-c3ccc4c(c3)N(CC(CCCCCC)CCCCCCCC)C(=O)/C4=C3/C(=O)N(CC(CCCCCC)CCCCCCCC)c4ccccc43)sc2c2sccc12.CC.CCC. The number of anilines is 2. The molecule has 0 bridgehead atoms. The highest BCUT2D eigenvalue weighted by molar-refractivity contribution is 7.28. The predicted molar refractivity (Wildman–Crippen MR) is 347 cm³/mol. The Labute approximate surface area is 486 Å². The van der Waals surface area contributed by atoms with Crippen LogP contribution in [-0.4, -0.2) is 30.9 Å². The molecule has 0 N–H and O–H groups in total. The molecule has 2 aliphatic heterocycles. The van der Waals surface area contributed by atoms with Crippen molar-refractivity contribution in [3.8, 4) is 10.4 Å². The highest BCUT2D eigenvalue weighted by Gasteiger charge is 2.43. The maximum atomic E-state index is 15.7. The molecule has 430 valence electrons. The minimum absolute atomic E-state index is 0.0341. The van der Waals surface area contributed by atoms with E-state index in [0.717, 1.165) is 85.2 Å². The third-order valence-corrected chi connectivity index (χ3v) is 17.8. The fourth-order valence-corrected chi connectivity index (χ4v) is 13.6. The van der Waals surface area contributed by atoms with E-state index in [9.17, 15) is 4.79 Å². The molecule has 0 spiro atoms. The molecule has 2 aromatic heterocycles. The second-order valence-corrected chi connectivity index (χ2v) is 23.8. The molecule has 0 aliphatic carbocycles. The summed E-state index contributed by atoms with van der Waals surface area (Å²) in [6.07, 6.45) is 37.3. The van der Waals surface area contributed by atoms with Crippen LogP contribution >= 0.6 is 22.7 Å². The number of thiophene rings is 2. The van der Waals surface area contributed by atoms with E-state index in [1.165, 1.54) is 128 Å². The number of allylic oxidation sites excluding steroid dienone is 4. The molecular weight excluding hydrogens is 1010 g/mol. The van der Waals surface area contributed by atoms with Crippen molar-refractivity contribution < 1.29 is 19.1 Å². The lowest BCUT2D eigenvalue weighted by molar-refractivity contribution is -0.114. The van der Waals surface area contributed by atoms with E-state index in [0.29, 0.717) is 47.4 Å². The van der Waals surface area contributed by atoms with Crippen LogP contribution in [0.25, 0.3) is 41.8 Å². The maximum absolute atomic E-state index is 15.7. The van der Waals surface area contributed by atoms with Gasteiger partial charge in [-0.15, -0.1) is 22.7 Å². The topological polar surface area (TPSA) is 66.9 Å². The Morgan fingerprint density at radius 1 is 0.608 bits per heavy atom. The standard InChI is InChI=1S/C66H86N2O4S2.C3H8.C2H6/c1-7-13-18-22-24-28-34-48(32-26-20-15-9-3)46-67-57-38-31-30-37-54(57)60(64(67)69)61-55-40-39-50(44-58(55)68(65(61)70)47-49(33-27-21-16-10-4)35-29-25-23-19-14-8-2)59-45-51-43-56(53-41-42-73-63(53)62(51)74-59)66(71)72-52(12-6)36-17-11-5;1-3-2;1-2/h11-12,17,30-31,36-45,48-49H,5,7-10,13-16,18-29,32-35,46-47H2,1-4,6H3;3H2,1-2H3;1-2H3/b36-17-,52-12+,61-60+;;. The van der Waals surface area contributed by atoms with Crippen molar-refractivity contribution in [2.45, 2.75) is 223 Å². The van der Waals surface area contributed by atoms with Gasteiger partial charge in [-0.05, 0) is 103 Å². The van der Waals surface area contributed by atoms with Gasteiger partial charge in [-0.3, -0.25) is 9.59 Å². The molecule has 5 aromatic rings. The van der Waals surface area contributed by atoms with Crippen molar-refractivity contribution in [3.05, 3.63) is 119 Å². The van der Waals surface area contributed by atoms with Gasteiger partial charge < -0.3 is 14.5 Å². The van der Waals surface area contributed by atoms with Gasteiger partial charge in [0.15, 0.2) is 0 Å². The van der Waals surface area contributed by atoms with Crippen LogP contribution in [0.15, 0.2) is 103 Å². The molecule has 8 heteroatoms. The van der Waals surface area contributed by atoms with E-state index in [4.69, 9.17) is 4.74 Å². The average Bonchev–Trinajstić information content (AvgIpc) is 4.44. The number of nitrogens with zero attached hydrogens (tertiary/aromatic N) is 2. The zero-order chi connectivity index (χ0) is 56.9. The van der Waals surface area contributed by atoms with Crippen LogP contribution in [0.5, 0.6) is 0 Å². The van der Waals surface area contributed by atoms with Gasteiger partial charge >= 0.3 is 5.97 Å². The summed E-state index contributed by atoms with van der Waals surface area (Å²) < 4.78 is 8.05. The zero-order valence-corrected chi connectivity index (χ0v) is 52.1. The fraction of sp³-hybridized carbons (Fsp3) is 0.535. The monoisotopic (exact) mass is 1110 g/mol. The molecule has 2 aliphatic rings. The molecule has 2 amide bonds. The van der Waals surface area contributed by atoms with Crippen LogP contribution in [0.1, 0.15) is 244 Å². The van der Waals surface area contributed by atoms with Gasteiger partial charge in [-0.2, -0.15) is 0 Å². The van der Waals surface area contributed by atoms with Gasteiger partial charge in [0.25, 0.3) is 11.8 Å². The number of unbranched alkanes of at least 4 members (excludes halogenated alkanes) is 16. The normalized spacial score (nSPS) is 14.9. The summed E-state index contributed by atoms with van der Waals surface area (Å²) >= 11 is 3.36. The summed E-state index contributed by atoms with van der Waals surface area (Å²) in [7, 11) is 0. The second kappa shape index (κ2) is 35.6. The molecule has 4 heterocycles. The van der Waals surface area contributed by atoms with E-state index in [-0.39, 0.29) is 11.8 Å². The number of hydrogen-bond donors (Lipinski definition) is 0. The summed E-state index contributed by atoms with van der Waals surface area (Å²) in [5.74, 6) is 0.741. The summed E-state index contributed by atoms with van der Waals surface area (Å²) in [5.41, 5.74) is 6.22. The number of amides is 2. The first-order valence-corrected chi connectivity index (χ1v) is 33.1. The third kappa shape index (κ3) is 18.0. The van der Waals surface area contributed by atoms with Crippen molar-refractivity contribution in [2.75, 3.05) is 22.9 Å². The molecule has 79 heavy (non-hydrogen) atoms. The number of carbonyl (C=O) groups excluding carboxylic acids is 3. The van der Waals surface area contributed by atoms with Crippen molar-refractivity contribution in [1.29, 1.82) is 0 Å². The van der Waals surface area contributed by atoms with E-state index in [1.54, 1.807) is 47.0 Å². The molecular formula is C71H100N2O4S2. The van der Waals surface area contributed by atoms with Crippen molar-refractivity contribution in [3.63, 3.8) is 0 Å². The third-order valence-electron chi connectivity index (χ3n) is 15.6. The Hall–Kier alpha value is -5.05. The van der Waals surface area contributed by atoms with E-state index in [1.807, 2.05) is 55.3 Å². The van der Waals surface area contributed by atoms with Crippen LogP contribution in [0.3, 0.4) is 0 Å². The molecule has 6 nitrogen and oxygen atoms in total. The summed E-state index contributed by atoms with van der Waals surface area (Å²) in [5, 5.41) is 3.90. The minimum Gasteiger partial charge on any atom is -0.423 e. The molecule has 7 rings (SSSR count). The van der Waals surface area contributed by atoms with Crippen LogP contribution in [-0.2, 0) is 14.3 Å². The van der Waals surface area contributed by atoms with Crippen LogP contribution in [0.2, 0.25) is 0 Å². The lowest BCUT2D eigenvalue weighted by atomic mass is 9.93. The first kappa shape index (κ1) is 64.8. The van der Waals surface area contributed by atoms with Crippen molar-refractivity contribution in [2.24, 2.45) is 11.8 Å². The molecule has 2 atom stereocenters. The number of hydrogen-bond acceptors (Lipinski definition) is 6. The highest BCUT2D eigenvalue weighted by Crippen LogP contribution is 2.50. The molecule has 0 saturated heterocycles. The average molecular weight is 1110 g/mol. The maximum Gasteiger partial charge on any atom is 0.344 e. The van der Waals surface area contributed by atoms with E-state index < -0.39 is 5.97 Å². The minimum atomic E-state index is -0.399. The number of rotatable bonds is 33. The predicted octanol–water partition coefficient (Wildman–Crippen LogP) is 22.3. The second-order valence-electron chi connectivity index (χ2n) is 21.9. The van der Waals surface area contributed by atoms with Crippen LogP contribution in [0.4, 0.5) is 11.4 Å². The number of carbonyl (C=O) groups is 3. The first-order chi connectivity index (χ1) is 38.7. The van der Waals surface area contributed by atoms with Gasteiger partial charge in [0.2, 0.25) is 0 Å². The number of fused-ring (bicyclic) bond motifs is 5. The quantitative estimate of drug-likeness (QED) is 0.0138. The number of ether oxygens (including phenoxy) is 1. The Balaban J connectivity index is 0.00000222. The summed E-state index contributed by atoms with van der Waals surface area (Å²) in [6.45, 7) is 24.3. The van der Waals surface area contributed by atoms with Crippen LogP contribution < -0.4 is 9.80 Å². The lowest BCUT2D eigenvalue weighted by Crippen LogP contribution is -2.34. The van der Waals surface area contributed by atoms with Crippen molar-refractivity contribution in [1.82, 2.24) is 0 Å². The molecule has 0 radical (unpaired) electrons. The Morgan fingerprint density at radius 2 is 1.10 bits per heavy atom. The van der Waals surface area contributed by atoms with E-state index in [2.05, 4.69) is 89.4 Å². The molecule has 2 unspecified atom stereocenters. The smallest absolute Gasteiger partial charge is 0.344 e. The van der Waals surface area contributed by atoms with Gasteiger partial charge in [0.1, 0.15) is 5.76 Å². The molecule has 0 fully saturated rings. The van der Waals surface area contributed by atoms with Gasteiger partial charge in [0.05, 0.1) is 37.5 Å². The Kier molecular flexibility index (Phi) is 29.2. The van der Waals surface area contributed by atoms with E-state index >= 15 is 9.59 Å². The lowest BCUT2D eigenvalue weighted by Gasteiger charge is -2.25. The fourth-order valence-electron chi connectivity index (χ4n) is 11.4. The molecule has 0 saturated carbocycles. The summed E-state index contributed by atoms with van der Waals surface area (Å²) in [6, 6.07) is 20.9. The van der Waals surface area contributed by atoms with Crippen molar-refractivity contribution >= 4 is 83.2 Å². The molecule has 3 aromatic carbocycles. The number of para-hydroxylation sites is 1. The largest absolute Gasteiger partial charge is 0.423 e. The van der Waals surface area contributed by atoms with Gasteiger partial charge in [-0.25, -0.2) is 4.79 Å². The Morgan fingerprint density at radius 3 is 1.63 bits per heavy atom. The Bertz CT molecular complexity index is 2770. The van der Waals surface area contributed by atoms with Gasteiger partial charge in [0, 0.05) is 34.5 Å². The number of benzene rings is 3. The first-order valence-electron chi connectivity index (χ1n) is 31.4. The van der Waals surface area contributed by atoms with Gasteiger partial charge in [-0.1, -0.05) is 239 Å². The summed E-state index contributed by atoms with van der Waals surface area (Å²) in [4.78, 5) is 50.0. The highest BCUT2D eigenvalue weighted by atomic mass is 32.1.